The van der Waals surface area contributed by atoms with Gasteiger partial charge in [0.25, 0.3) is 0 Å². The molecule has 0 aromatic heterocycles. The van der Waals surface area contributed by atoms with Gasteiger partial charge in [-0.3, -0.25) is 4.31 Å². The fraction of sp³-hybridized carbons (Fsp3) is 0.400. The number of rotatable bonds is 4. The Morgan fingerprint density at radius 2 is 1.61 bits per heavy atom. The quantitative estimate of drug-likeness (QED) is 0.860. The normalized spacial score (nSPS) is 16.6. The number of nitrogens with two attached hydrogens (primary N) is 1. The minimum absolute atomic E-state index is 0.0385. The lowest BCUT2D eigenvalue weighted by atomic mass is 10.3. The van der Waals surface area contributed by atoms with Crippen molar-refractivity contribution < 1.29 is 16.8 Å². The van der Waals surface area contributed by atoms with Crippen LogP contribution in [0, 0.1) is 0 Å². The van der Waals surface area contributed by atoms with Crippen molar-refractivity contribution in [2.75, 3.05) is 11.4 Å². The second kappa shape index (κ2) is 4.22. The van der Waals surface area contributed by atoms with E-state index in [0.717, 1.165) is 0 Å². The topological polar surface area (TPSA) is 97.5 Å². The molecule has 0 saturated heterocycles. The number of hydrogen-bond acceptors (Lipinski definition) is 4. The highest BCUT2D eigenvalue weighted by Gasteiger charge is 2.38. The van der Waals surface area contributed by atoms with Gasteiger partial charge >= 0.3 is 0 Å². The number of nitrogens with zero attached hydrogens (tertiary/aromatic N) is 1. The molecule has 18 heavy (non-hydrogen) atoms. The average molecular weight is 290 g/mol. The third-order valence-electron chi connectivity index (χ3n) is 2.86. The van der Waals surface area contributed by atoms with Gasteiger partial charge in [-0.05, 0) is 37.1 Å². The van der Waals surface area contributed by atoms with Crippen molar-refractivity contribution in [3.63, 3.8) is 0 Å². The second-order valence-corrected chi connectivity index (χ2v) is 8.06. The first kappa shape index (κ1) is 13.3. The highest BCUT2D eigenvalue weighted by molar-refractivity contribution is 7.93. The van der Waals surface area contributed by atoms with Crippen LogP contribution in [0.15, 0.2) is 29.2 Å². The summed E-state index contributed by atoms with van der Waals surface area (Å²) in [6, 6.07) is 5.45. The zero-order valence-corrected chi connectivity index (χ0v) is 11.4. The molecule has 0 radical (unpaired) electrons. The maximum absolute atomic E-state index is 12.0. The molecule has 1 aliphatic rings. The van der Waals surface area contributed by atoms with Gasteiger partial charge in [0.15, 0.2) is 0 Å². The zero-order valence-electron chi connectivity index (χ0n) is 9.78. The first-order valence-electron chi connectivity index (χ1n) is 5.33. The summed E-state index contributed by atoms with van der Waals surface area (Å²) >= 11 is 0. The molecule has 2 N–H and O–H groups in total. The Bertz CT molecular complexity index is 646. The van der Waals surface area contributed by atoms with Crippen LogP contribution >= 0.6 is 0 Å². The van der Waals surface area contributed by atoms with E-state index in [-0.39, 0.29) is 10.1 Å². The molecule has 0 amide bonds. The van der Waals surface area contributed by atoms with Crippen molar-refractivity contribution in [2.24, 2.45) is 5.14 Å². The van der Waals surface area contributed by atoms with Crippen molar-refractivity contribution in [1.29, 1.82) is 0 Å². The van der Waals surface area contributed by atoms with Crippen LogP contribution < -0.4 is 9.44 Å². The van der Waals surface area contributed by atoms with E-state index in [4.69, 9.17) is 5.14 Å². The smallest absolute Gasteiger partial charge is 0.238 e. The predicted octanol–water partition coefficient (Wildman–Crippen LogP) is 0.262. The standard InChI is InChI=1S/C10H14N2O4S2/c1-12(18(15,16)10-6-7-10)8-2-4-9(5-3-8)17(11,13)14/h2-5,10H,6-7H2,1H3,(H2,11,13,14). The summed E-state index contributed by atoms with van der Waals surface area (Å²) in [5.74, 6) is 0. The molecule has 2 rings (SSSR count). The molecule has 0 aliphatic heterocycles. The zero-order chi connectivity index (χ0) is 13.6. The van der Waals surface area contributed by atoms with Crippen LogP contribution in [0.1, 0.15) is 12.8 Å². The lowest BCUT2D eigenvalue weighted by molar-refractivity contribution is 0.593. The minimum Gasteiger partial charge on any atom is -0.273 e. The van der Waals surface area contributed by atoms with E-state index < -0.39 is 20.0 Å². The van der Waals surface area contributed by atoms with Crippen LogP contribution in [0.2, 0.25) is 0 Å². The van der Waals surface area contributed by atoms with Gasteiger partial charge in [0.1, 0.15) is 0 Å². The Balaban J connectivity index is 2.30. The molecule has 1 fully saturated rings. The summed E-state index contributed by atoms with van der Waals surface area (Å²) in [6.45, 7) is 0. The van der Waals surface area contributed by atoms with E-state index in [1.165, 1.54) is 35.6 Å². The molecule has 0 atom stereocenters. The van der Waals surface area contributed by atoms with Crippen LogP contribution in [-0.2, 0) is 20.0 Å². The molecule has 0 bridgehead atoms. The van der Waals surface area contributed by atoms with Gasteiger partial charge in [0, 0.05) is 7.05 Å². The van der Waals surface area contributed by atoms with Crippen LogP contribution in [0.5, 0.6) is 0 Å². The third kappa shape index (κ3) is 2.50. The molecule has 1 aromatic rings. The molecule has 1 aliphatic carbocycles. The van der Waals surface area contributed by atoms with Crippen LogP contribution in [0.25, 0.3) is 0 Å². The molecule has 100 valence electrons. The van der Waals surface area contributed by atoms with E-state index in [9.17, 15) is 16.8 Å². The maximum atomic E-state index is 12.0. The molecule has 6 nitrogen and oxygen atoms in total. The summed E-state index contributed by atoms with van der Waals surface area (Å²) in [4.78, 5) is -0.0385. The molecule has 1 aromatic carbocycles. The number of hydrogen-bond donors (Lipinski definition) is 1. The van der Waals surface area contributed by atoms with E-state index in [1.54, 1.807) is 0 Å². The van der Waals surface area contributed by atoms with Crippen LogP contribution in [0.4, 0.5) is 5.69 Å². The molecule has 0 unspecified atom stereocenters. The van der Waals surface area contributed by atoms with Gasteiger partial charge in [-0.1, -0.05) is 0 Å². The van der Waals surface area contributed by atoms with Gasteiger partial charge in [-0.2, -0.15) is 0 Å². The summed E-state index contributed by atoms with van der Waals surface area (Å²) in [5.41, 5.74) is 0.425. The lowest BCUT2D eigenvalue weighted by Gasteiger charge is -2.19. The molecular formula is C10H14N2O4S2. The summed E-state index contributed by atoms with van der Waals surface area (Å²) in [7, 11) is -5.61. The largest absolute Gasteiger partial charge is 0.273 e. The fourth-order valence-electron chi connectivity index (χ4n) is 1.58. The van der Waals surface area contributed by atoms with E-state index >= 15 is 0 Å². The highest BCUT2D eigenvalue weighted by Crippen LogP contribution is 2.32. The van der Waals surface area contributed by atoms with Crippen molar-refractivity contribution in [1.82, 2.24) is 0 Å². The van der Waals surface area contributed by atoms with E-state index in [0.29, 0.717) is 18.5 Å². The SMILES string of the molecule is CN(c1ccc(S(N)(=O)=O)cc1)S(=O)(=O)C1CC1. The van der Waals surface area contributed by atoms with Crippen molar-refractivity contribution in [3.05, 3.63) is 24.3 Å². The molecular weight excluding hydrogens is 276 g/mol. The van der Waals surface area contributed by atoms with Gasteiger partial charge in [0.05, 0.1) is 15.8 Å². The first-order valence-corrected chi connectivity index (χ1v) is 8.38. The van der Waals surface area contributed by atoms with E-state index in [1.807, 2.05) is 0 Å². The Labute approximate surface area is 107 Å². The maximum Gasteiger partial charge on any atom is 0.238 e. The monoisotopic (exact) mass is 290 g/mol. The van der Waals surface area contributed by atoms with Gasteiger partial charge in [-0.25, -0.2) is 22.0 Å². The van der Waals surface area contributed by atoms with Crippen molar-refractivity contribution >= 4 is 25.7 Å². The number of primary sulfonamides is 1. The molecule has 0 heterocycles. The predicted molar refractivity (Wildman–Crippen MR) is 68.2 cm³/mol. The fourth-order valence-corrected chi connectivity index (χ4v) is 3.69. The third-order valence-corrected chi connectivity index (χ3v) is 6.07. The number of anilines is 1. The summed E-state index contributed by atoms with van der Waals surface area (Å²) in [6.07, 6.45) is 1.36. The lowest BCUT2D eigenvalue weighted by Crippen LogP contribution is -2.29. The van der Waals surface area contributed by atoms with Crippen molar-refractivity contribution in [2.45, 2.75) is 23.0 Å². The van der Waals surface area contributed by atoms with Gasteiger partial charge in [-0.15, -0.1) is 0 Å². The summed E-state index contributed by atoms with van der Waals surface area (Å²) in [5, 5.41) is 4.66. The van der Waals surface area contributed by atoms with E-state index in [2.05, 4.69) is 0 Å². The number of sulfonamides is 2. The first-order chi connectivity index (χ1) is 8.23. The molecule has 1 saturated carbocycles. The minimum atomic E-state index is -3.75. The Morgan fingerprint density at radius 1 is 1.11 bits per heavy atom. The van der Waals surface area contributed by atoms with Crippen LogP contribution in [-0.4, -0.2) is 29.1 Å². The highest BCUT2D eigenvalue weighted by atomic mass is 32.2. The van der Waals surface area contributed by atoms with Crippen LogP contribution in [0.3, 0.4) is 0 Å². The van der Waals surface area contributed by atoms with Gasteiger partial charge < -0.3 is 0 Å². The van der Waals surface area contributed by atoms with Gasteiger partial charge in [0.2, 0.25) is 20.0 Å². The Hall–Kier alpha value is -1.12. The molecule has 8 heteroatoms. The average Bonchev–Trinajstić information content (AvgIpc) is 3.11. The Kier molecular flexibility index (Phi) is 3.12. The second-order valence-electron chi connectivity index (χ2n) is 4.25. The van der Waals surface area contributed by atoms with Crippen molar-refractivity contribution in [3.8, 4) is 0 Å². The molecule has 0 spiro atoms. The summed E-state index contributed by atoms with van der Waals surface area (Å²) < 4.78 is 47.2. The Morgan fingerprint density at radius 3 is 2.00 bits per heavy atom. The number of benzene rings is 1.